The van der Waals surface area contributed by atoms with Gasteiger partial charge in [0.1, 0.15) is 12.1 Å². The number of non-ortho nitro benzene ring substituents is 1. The molecule has 0 bridgehead atoms. The first kappa shape index (κ1) is 21.3. The van der Waals surface area contributed by atoms with Gasteiger partial charge in [-0.2, -0.15) is 10.1 Å². The van der Waals surface area contributed by atoms with Crippen molar-refractivity contribution in [1.82, 2.24) is 14.8 Å². The van der Waals surface area contributed by atoms with Crippen molar-refractivity contribution >= 4 is 17.5 Å². The number of anilines is 1. The number of nitrogens with zero attached hydrogens (tertiary/aromatic N) is 5. The van der Waals surface area contributed by atoms with Crippen molar-refractivity contribution in [2.45, 2.75) is 18.5 Å². The SMILES string of the molecule is COc1ccc(C2CC(c3ccccc3)N(C(=O)c3ccc([N+](=O)[O-])cc3)c3ncnn32)cc1. The zero-order valence-corrected chi connectivity index (χ0v) is 18.3. The van der Waals surface area contributed by atoms with Crippen molar-refractivity contribution in [1.29, 1.82) is 0 Å². The molecule has 4 aromatic rings. The number of carbonyl (C=O) groups is 1. The van der Waals surface area contributed by atoms with Gasteiger partial charge in [0.15, 0.2) is 0 Å². The van der Waals surface area contributed by atoms with Crippen LogP contribution in [0.1, 0.15) is 40.0 Å². The van der Waals surface area contributed by atoms with Gasteiger partial charge in [-0.15, -0.1) is 0 Å². The highest BCUT2D eigenvalue weighted by Crippen LogP contribution is 2.42. The van der Waals surface area contributed by atoms with E-state index < -0.39 is 4.92 Å². The summed E-state index contributed by atoms with van der Waals surface area (Å²) in [5.74, 6) is 0.878. The van der Waals surface area contributed by atoms with Gasteiger partial charge in [-0.05, 0) is 41.8 Å². The molecule has 170 valence electrons. The molecule has 1 aromatic heterocycles. The Morgan fingerprint density at radius 3 is 2.29 bits per heavy atom. The molecular formula is C25H21N5O4. The fraction of sp³-hybridized carbons (Fsp3) is 0.160. The van der Waals surface area contributed by atoms with Crippen LogP contribution in [-0.2, 0) is 0 Å². The van der Waals surface area contributed by atoms with Gasteiger partial charge in [-0.1, -0.05) is 42.5 Å². The molecule has 0 radical (unpaired) electrons. The van der Waals surface area contributed by atoms with Crippen LogP contribution in [0.3, 0.4) is 0 Å². The number of carbonyl (C=O) groups excluding carboxylic acids is 1. The fourth-order valence-electron chi connectivity index (χ4n) is 4.35. The molecule has 2 unspecified atom stereocenters. The number of ether oxygens (including phenoxy) is 1. The molecule has 1 aliphatic rings. The van der Waals surface area contributed by atoms with E-state index in [1.165, 1.54) is 30.6 Å². The number of amides is 1. The smallest absolute Gasteiger partial charge is 0.269 e. The molecule has 34 heavy (non-hydrogen) atoms. The van der Waals surface area contributed by atoms with E-state index >= 15 is 0 Å². The van der Waals surface area contributed by atoms with E-state index in [1.807, 2.05) is 54.6 Å². The van der Waals surface area contributed by atoms with Crippen LogP contribution in [-0.4, -0.2) is 32.7 Å². The summed E-state index contributed by atoms with van der Waals surface area (Å²) in [6, 6.07) is 22.7. The highest BCUT2D eigenvalue weighted by atomic mass is 16.6. The predicted molar refractivity (Wildman–Crippen MR) is 125 cm³/mol. The maximum atomic E-state index is 13.7. The van der Waals surface area contributed by atoms with E-state index in [0.717, 1.165) is 16.9 Å². The minimum absolute atomic E-state index is 0.0717. The van der Waals surface area contributed by atoms with E-state index in [9.17, 15) is 14.9 Å². The van der Waals surface area contributed by atoms with Gasteiger partial charge in [0, 0.05) is 17.7 Å². The number of hydrogen-bond donors (Lipinski definition) is 0. The number of benzene rings is 3. The van der Waals surface area contributed by atoms with Crippen LogP contribution < -0.4 is 9.64 Å². The molecule has 0 fully saturated rings. The maximum absolute atomic E-state index is 13.7. The largest absolute Gasteiger partial charge is 0.497 e. The fourth-order valence-corrected chi connectivity index (χ4v) is 4.35. The molecular weight excluding hydrogens is 434 g/mol. The Bertz CT molecular complexity index is 1320. The van der Waals surface area contributed by atoms with Gasteiger partial charge in [-0.25, -0.2) is 4.68 Å². The van der Waals surface area contributed by atoms with E-state index in [1.54, 1.807) is 16.7 Å². The molecule has 2 heterocycles. The van der Waals surface area contributed by atoms with Crippen LogP contribution in [0.15, 0.2) is 85.2 Å². The first-order valence-electron chi connectivity index (χ1n) is 10.7. The second kappa shape index (κ2) is 8.78. The van der Waals surface area contributed by atoms with Gasteiger partial charge in [0.25, 0.3) is 11.6 Å². The van der Waals surface area contributed by atoms with Crippen LogP contribution in [0.2, 0.25) is 0 Å². The third-order valence-electron chi connectivity index (χ3n) is 6.05. The summed E-state index contributed by atoms with van der Waals surface area (Å²) in [7, 11) is 1.62. The Balaban J connectivity index is 1.59. The summed E-state index contributed by atoms with van der Waals surface area (Å²) in [5, 5.41) is 15.5. The van der Waals surface area contributed by atoms with Gasteiger partial charge in [-0.3, -0.25) is 19.8 Å². The van der Waals surface area contributed by atoms with Gasteiger partial charge < -0.3 is 4.74 Å². The van der Waals surface area contributed by atoms with Crippen LogP contribution in [0.25, 0.3) is 0 Å². The van der Waals surface area contributed by atoms with Crippen LogP contribution in [0, 0.1) is 10.1 Å². The molecule has 0 saturated heterocycles. The summed E-state index contributed by atoms with van der Waals surface area (Å²) in [6.07, 6.45) is 2.01. The number of nitro benzene ring substituents is 1. The lowest BCUT2D eigenvalue weighted by Gasteiger charge is -2.39. The van der Waals surface area contributed by atoms with Crippen molar-refractivity contribution in [2.24, 2.45) is 0 Å². The predicted octanol–water partition coefficient (Wildman–Crippen LogP) is 4.58. The average Bonchev–Trinajstić information content (AvgIpc) is 3.38. The number of rotatable bonds is 5. The molecule has 0 N–H and O–H groups in total. The first-order valence-corrected chi connectivity index (χ1v) is 10.7. The van der Waals surface area contributed by atoms with Crippen LogP contribution in [0.4, 0.5) is 11.6 Å². The van der Waals surface area contributed by atoms with Crippen molar-refractivity contribution < 1.29 is 14.5 Å². The quantitative estimate of drug-likeness (QED) is 0.322. The van der Waals surface area contributed by atoms with Gasteiger partial charge in [0.05, 0.1) is 24.1 Å². The molecule has 9 nitrogen and oxygen atoms in total. The molecule has 9 heteroatoms. The third kappa shape index (κ3) is 3.77. The second-order valence-electron chi connectivity index (χ2n) is 7.93. The van der Waals surface area contributed by atoms with E-state index in [4.69, 9.17) is 4.74 Å². The number of aromatic nitrogens is 3. The summed E-state index contributed by atoms with van der Waals surface area (Å²) in [6.45, 7) is 0. The molecule has 0 aliphatic carbocycles. The molecule has 3 aromatic carbocycles. The summed E-state index contributed by atoms with van der Waals surface area (Å²) in [5.41, 5.74) is 2.25. The Kier molecular flexibility index (Phi) is 5.51. The number of nitro groups is 1. The summed E-state index contributed by atoms with van der Waals surface area (Å²) >= 11 is 0. The second-order valence-corrected chi connectivity index (χ2v) is 7.93. The van der Waals surface area contributed by atoms with Crippen molar-refractivity contribution in [3.05, 3.63) is 112 Å². The van der Waals surface area contributed by atoms with Gasteiger partial charge >= 0.3 is 0 Å². The summed E-state index contributed by atoms with van der Waals surface area (Å²) in [4.78, 5) is 30.3. The monoisotopic (exact) mass is 455 g/mol. The molecule has 0 saturated carbocycles. The van der Waals surface area contributed by atoms with Crippen molar-refractivity contribution in [3.8, 4) is 5.75 Å². The molecule has 2 atom stereocenters. The van der Waals surface area contributed by atoms with Crippen molar-refractivity contribution in [3.63, 3.8) is 0 Å². The van der Waals surface area contributed by atoms with E-state index in [0.29, 0.717) is 17.9 Å². The Morgan fingerprint density at radius 2 is 1.65 bits per heavy atom. The minimum atomic E-state index is -0.488. The zero-order valence-electron chi connectivity index (χ0n) is 18.3. The number of fused-ring (bicyclic) bond motifs is 1. The van der Waals surface area contributed by atoms with E-state index in [-0.39, 0.29) is 23.7 Å². The lowest BCUT2D eigenvalue weighted by atomic mass is 9.91. The molecule has 5 rings (SSSR count). The molecule has 1 aliphatic heterocycles. The number of hydrogen-bond acceptors (Lipinski definition) is 6. The highest BCUT2D eigenvalue weighted by molar-refractivity contribution is 6.06. The minimum Gasteiger partial charge on any atom is -0.497 e. The Morgan fingerprint density at radius 1 is 0.971 bits per heavy atom. The lowest BCUT2D eigenvalue weighted by Crippen LogP contribution is -2.42. The first-order chi connectivity index (χ1) is 16.6. The zero-order chi connectivity index (χ0) is 23.7. The normalized spacial score (nSPS) is 17.1. The standard InChI is InChI=1S/C25H21N5O4/c1-34-21-13-9-18(10-14-21)23-15-22(17-5-3-2-4-6-17)28(25-26-16-27-29(23)25)24(31)19-7-11-20(12-8-19)30(32)33/h2-14,16,22-23H,15H2,1H3. The van der Waals surface area contributed by atoms with Crippen molar-refractivity contribution in [2.75, 3.05) is 12.0 Å². The Labute approximate surface area is 195 Å². The molecule has 0 spiro atoms. The van der Waals surface area contributed by atoms with Gasteiger partial charge in [0.2, 0.25) is 5.95 Å². The average molecular weight is 455 g/mol. The van der Waals surface area contributed by atoms with E-state index in [2.05, 4.69) is 10.1 Å². The summed E-state index contributed by atoms with van der Waals surface area (Å²) < 4.78 is 7.05. The third-order valence-corrected chi connectivity index (χ3v) is 6.05. The highest BCUT2D eigenvalue weighted by Gasteiger charge is 2.39. The topological polar surface area (TPSA) is 103 Å². The molecule has 1 amide bonds. The van der Waals surface area contributed by atoms with Crippen LogP contribution >= 0.6 is 0 Å². The maximum Gasteiger partial charge on any atom is 0.269 e. The Hall–Kier alpha value is -4.53. The lowest BCUT2D eigenvalue weighted by molar-refractivity contribution is -0.384. The van der Waals surface area contributed by atoms with Crippen LogP contribution in [0.5, 0.6) is 5.75 Å². The number of methoxy groups -OCH3 is 1.